The van der Waals surface area contributed by atoms with Crippen molar-refractivity contribution in [1.82, 2.24) is 4.90 Å². The smallest absolute Gasteiger partial charge is 0.192 e. The topological polar surface area (TPSA) is 144 Å². The first kappa shape index (κ1) is 52.5. The number of nitrogens with two attached hydrogens (primary N) is 1. The average Bonchev–Trinajstić information content (AvgIpc) is 3.32. The third-order valence-corrected chi connectivity index (χ3v) is 21.4. The van der Waals surface area contributed by atoms with Crippen LogP contribution in [0.4, 0.5) is 11.4 Å². The van der Waals surface area contributed by atoms with E-state index < -0.39 is 29.7 Å². The molecular weight excluding hydrogens is 918 g/mol. The molecule has 2 aliphatic rings. The number of hydrogen-bond donors (Lipinski definition) is 2. The van der Waals surface area contributed by atoms with Gasteiger partial charge < -0.3 is 19.5 Å². The Morgan fingerprint density at radius 1 is 0.896 bits per heavy atom. The van der Waals surface area contributed by atoms with Crippen LogP contribution in [0.2, 0.25) is 23.2 Å². The first-order valence-electron chi connectivity index (χ1n) is 23.3. The van der Waals surface area contributed by atoms with Crippen LogP contribution in [-0.4, -0.2) is 95.5 Å². The van der Waals surface area contributed by atoms with Crippen LogP contribution in [0.15, 0.2) is 131 Å². The summed E-state index contributed by atoms with van der Waals surface area (Å²) in [5.41, 5.74) is 7.17. The first-order valence-corrected chi connectivity index (χ1v) is 29.2. The molecule has 10 nitrogen and oxygen atoms in total. The molecule has 0 amide bonds. The Morgan fingerprint density at radius 2 is 1.55 bits per heavy atom. The first-order chi connectivity index (χ1) is 31.6. The zero-order chi connectivity index (χ0) is 46.9. The lowest BCUT2D eigenvalue weighted by molar-refractivity contribution is -0.826. The zero-order valence-electron chi connectivity index (χ0n) is 39.6. The number of Topliss-reactive ketones (excluding diaryl/α,β-unsaturated/α-hetero) is 1. The molecule has 2 atom stereocenters. The molecule has 14 heteroatoms. The molecule has 360 valence electrons. The van der Waals surface area contributed by atoms with Crippen molar-refractivity contribution in [3.05, 3.63) is 143 Å². The molecule has 0 bridgehead atoms. The second-order valence-corrected chi connectivity index (χ2v) is 27.6. The molecule has 0 spiro atoms. The van der Waals surface area contributed by atoms with E-state index in [1.807, 2.05) is 54.2 Å². The lowest BCUT2D eigenvalue weighted by Crippen LogP contribution is -2.74. The molecule has 0 saturated carbocycles. The molecule has 5 N–H and O–H groups in total. The second kappa shape index (κ2) is 23.6. The van der Waals surface area contributed by atoms with Gasteiger partial charge in [-0.3, -0.25) is 9.69 Å². The van der Waals surface area contributed by atoms with E-state index in [1.165, 1.54) is 22.1 Å². The lowest BCUT2D eigenvalue weighted by Gasteiger charge is -2.44. The molecule has 5 aromatic carbocycles. The predicted octanol–water partition coefficient (Wildman–Crippen LogP) is 10.1. The number of anilines is 1. The highest BCUT2D eigenvalue weighted by atomic mass is 35.5. The number of ether oxygens (including phenoxy) is 1. The minimum atomic E-state index is -4.00. The summed E-state index contributed by atoms with van der Waals surface area (Å²) >= 11 is 8.10. The normalized spacial score (nSPS) is 16.3. The van der Waals surface area contributed by atoms with E-state index in [1.54, 1.807) is 24.3 Å². The summed E-state index contributed by atoms with van der Waals surface area (Å²) in [4.78, 5) is 19.6. The van der Waals surface area contributed by atoms with Gasteiger partial charge in [-0.1, -0.05) is 93.0 Å². The Labute approximate surface area is 408 Å². The minimum absolute atomic E-state index is 0. The monoisotopic (exact) mass is 986 g/mol. The SMILES string of the molecule is CC(C)(C)[Si](C)(C)O[C@@H](c1ccccc1-c1ccc(Cl)cc1)C1CCN(c2ccc(C(=O)CS(=O)(=O)c3ccc(C[C@H](CCN4CCOCC4)CSc4ccccc4)c([NH2+]O)c3)cc2)CC1.O. The maximum Gasteiger partial charge on any atom is 0.192 e. The molecular formula is C53H69ClN3O7S2Si+. The van der Waals surface area contributed by atoms with Crippen molar-refractivity contribution in [3.63, 3.8) is 0 Å². The number of piperidine rings is 1. The van der Waals surface area contributed by atoms with Crippen LogP contribution >= 0.6 is 23.4 Å². The van der Waals surface area contributed by atoms with E-state index in [2.05, 4.69) is 92.2 Å². The van der Waals surface area contributed by atoms with Gasteiger partial charge in [-0.2, -0.15) is 5.48 Å². The van der Waals surface area contributed by atoms with E-state index in [0.717, 1.165) is 93.2 Å². The fourth-order valence-corrected chi connectivity index (χ4v) is 12.5. The Morgan fingerprint density at radius 3 is 2.21 bits per heavy atom. The Balaban J connectivity index is 0.00000741. The van der Waals surface area contributed by atoms with Crippen molar-refractivity contribution in [2.75, 3.05) is 62.3 Å². The van der Waals surface area contributed by atoms with Crippen molar-refractivity contribution in [2.45, 2.75) is 80.5 Å². The summed E-state index contributed by atoms with van der Waals surface area (Å²) in [5, 5.41) is 11.1. The van der Waals surface area contributed by atoms with Crippen LogP contribution in [0, 0.1) is 11.8 Å². The number of halogens is 1. The summed E-state index contributed by atoms with van der Waals surface area (Å²) in [6, 6.07) is 39.2. The third kappa shape index (κ3) is 13.9. The van der Waals surface area contributed by atoms with Crippen LogP contribution in [0.25, 0.3) is 11.1 Å². The summed E-state index contributed by atoms with van der Waals surface area (Å²) in [6.45, 7) is 17.4. The maximum atomic E-state index is 13.8. The van der Waals surface area contributed by atoms with Crippen LogP contribution in [-0.2, 0) is 25.4 Å². The molecule has 0 aromatic heterocycles. The van der Waals surface area contributed by atoms with Crippen LogP contribution < -0.4 is 10.4 Å². The highest BCUT2D eigenvalue weighted by Crippen LogP contribution is 2.46. The van der Waals surface area contributed by atoms with Crippen LogP contribution in [0.5, 0.6) is 0 Å². The van der Waals surface area contributed by atoms with Gasteiger partial charge in [0.1, 0.15) is 5.75 Å². The van der Waals surface area contributed by atoms with E-state index in [-0.39, 0.29) is 27.4 Å². The number of benzene rings is 5. The van der Waals surface area contributed by atoms with E-state index >= 15 is 0 Å². The van der Waals surface area contributed by atoms with Crippen LogP contribution in [0.1, 0.15) is 67.6 Å². The van der Waals surface area contributed by atoms with E-state index in [4.69, 9.17) is 20.8 Å². The van der Waals surface area contributed by atoms with Gasteiger partial charge in [0.05, 0.1) is 24.2 Å². The highest BCUT2D eigenvalue weighted by Gasteiger charge is 2.42. The predicted molar refractivity (Wildman–Crippen MR) is 275 cm³/mol. The number of sulfone groups is 1. The number of morpholine rings is 1. The fourth-order valence-electron chi connectivity index (χ4n) is 8.75. The average molecular weight is 988 g/mol. The number of quaternary nitrogens is 1. The number of ketones is 1. The van der Waals surface area contributed by atoms with Gasteiger partial charge in [0.25, 0.3) is 0 Å². The molecule has 0 unspecified atom stereocenters. The summed E-state index contributed by atoms with van der Waals surface area (Å²) < 4.78 is 40.4. The summed E-state index contributed by atoms with van der Waals surface area (Å²) in [6.07, 6.45) is 3.44. The van der Waals surface area contributed by atoms with Crippen molar-refractivity contribution in [3.8, 4) is 11.1 Å². The lowest BCUT2D eigenvalue weighted by atomic mass is 9.84. The van der Waals surface area contributed by atoms with E-state index in [9.17, 15) is 18.4 Å². The van der Waals surface area contributed by atoms with Gasteiger partial charge in [-0.15, -0.1) is 11.8 Å². The van der Waals surface area contributed by atoms with Gasteiger partial charge in [0.2, 0.25) is 0 Å². The largest absolute Gasteiger partial charge is 0.412 e. The van der Waals surface area contributed by atoms with E-state index in [0.29, 0.717) is 28.6 Å². The molecule has 7 rings (SSSR count). The fraction of sp³-hybridized carbons (Fsp3) is 0.415. The Hall–Kier alpha value is -3.86. The van der Waals surface area contributed by atoms with Gasteiger partial charge in [0.15, 0.2) is 29.6 Å². The van der Waals surface area contributed by atoms with Gasteiger partial charge in [-0.25, -0.2) is 13.6 Å². The summed E-state index contributed by atoms with van der Waals surface area (Å²) in [5.74, 6) is 0.346. The molecule has 2 fully saturated rings. The quantitative estimate of drug-likeness (QED) is 0.0272. The Bertz CT molecular complexity index is 2480. The van der Waals surface area contributed by atoms with Gasteiger partial charge >= 0.3 is 0 Å². The standard InChI is InChI=1S/C53H66ClN3O6S2Si.H2O/c1-53(2,3)66(4,5)63-52(49-14-10-9-13-48(49)40-15-20-44(54)21-16-40)42-26-29-57(30-27-42)45-22-17-41(18-23-45)51(58)38-65(60,61)47-24-19-43(50(36-47)55-59)35-39(25-28-56-31-33-62-34-32-56)37-64-46-11-7-6-8-12-46;/h6-24,36,39,42,52,55,59H,25-35,37-38H2,1-5H3;1H2/p+1/t39-,52+;/m0./s1. The molecule has 0 aliphatic carbocycles. The van der Waals surface area contributed by atoms with Crippen molar-refractivity contribution in [2.24, 2.45) is 11.8 Å². The third-order valence-electron chi connectivity index (χ3n) is 13.8. The molecule has 2 saturated heterocycles. The van der Waals surface area contributed by atoms with Crippen molar-refractivity contribution >= 4 is 58.7 Å². The highest BCUT2D eigenvalue weighted by molar-refractivity contribution is 7.99. The molecule has 67 heavy (non-hydrogen) atoms. The number of hydrogen-bond acceptors (Lipinski definition) is 9. The zero-order valence-corrected chi connectivity index (χ0v) is 43.0. The molecule has 0 radical (unpaired) electrons. The number of nitrogens with zero attached hydrogens (tertiary/aromatic N) is 2. The van der Waals surface area contributed by atoms with Crippen LogP contribution in [0.3, 0.4) is 0 Å². The molecule has 2 heterocycles. The Kier molecular flexibility index (Phi) is 18.5. The van der Waals surface area contributed by atoms with Crippen molar-refractivity contribution < 1.29 is 38.5 Å². The van der Waals surface area contributed by atoms with Crippen molar-refractivity contribution in [1.29, 1.82) is 0 Å². The maximum absolute atomic E-state index is 13.8. The number of rotatable bonds is 19. The summed E-state index contributed by atoms with van der Waals surface area (Å²) in [7, 11) is -6.16. The number of carbonyl (C=O) groups is 1. The minimum Gasteiger partial charge on any atom is -0.412 e. The number of carbonyl (C=O) groups excluding carboxylic acids is 1. The molecule has 5 aromatic rings. The second-order valence-electron chi connectivity index (χ2n) is 19.4. The van der Waals surface area contributed by atoms with Gasteiger partial charge in [0, 0.05) is 64.7 Å². The molecule has 2 aliphatic heterocycles. The van der Waals surface area contributed by atoms with Gasteiger partial charge in [-0.05, 0) is 133 Å². The number of thioether (sulfide) groups is 1.